The molecule has 0 fully saturated rings. The van der Waals surface area contributed by atoms with Crippen LogP contribution in [0.1, 0.15) is 12.5 Å². The second-order valence-corrected chi connectivity index (χ2v) is 7.53. The van der Waals surface area contributed by atoms with Gasteiger partial charge in [-0.2, -0.15) is 0 Å². The highest BCUT2D eigenvalue weighted by molar-refractivity contribution is 7.99. The van der Waals surface area contributed by atoms with Crippen LogP contribution in [0.5, 0.6) is 0 Å². The van der Waals surface area contributed by atoms with E-state index in [1.807, 2.05) is 42.7 Å². The first-order chi connectivity index (χ1) is 13.0. The zero-order valence-corrected chi connectivity index (χ0v) is 17.2. The molecule has 1 heterocycles. The van der Waals surface area contributed by atoms with Gasteiger partial charge in [-0.25, -0.2) is 0 Å². The maximum Gasteiger partial charge on any atom is 0.234 e. The highest BCUT2D eigenvalue weighted by Crippen LogP contribution is 2.30. The average Bonchev–Trinajstić information content (AvgIpc) is 3.07. The maximum atomic E-state index is 12.3. The van der Waals surface area contributed by atoms with Gasteiger partial charge in [0.05, 0.1) is 21.5 Å². The van der Waals surface area contributed by atoms with E-state index in [-0.39, 0.29) is 11.7 Å². The highest BCUT2D eigenvalue weighted by Gasteiger charge is 2.16. The van der Waals surface area contributed by atoms with Gasteiger partial charge in [-0.3, -0.25) is 4.79 Å². The van der Waals surface area contributed by atoms with Crippen molar-refractivity contribution in [3.63, 3.8) is 0 Å². The zero-order chi connectivity index (χ0) is 19.4. The fraction of sp³-hybridized carbons (Fsp3) is 0.211. The van der Waals surface area contributed by atoms with Crippen LogP contribution in [-0.4, -0.2) is 26.4 Å². The van der Waals surface area contributed by atoms with Crippen molar-refractivity contribution in [3.05, 3.63) is 58.1 Å². The molecule has 140 valence electrons. The lowest BCUT2D eigenvalue weighted by molar-refractivity contribution is -0.113. The number of thioether (sulfide) groups is 1. The first-order valence-electron chi connectivity index (χ1n) is 8.37. The Morgan fingerprint density at radius 3 is 2.67 bits per heavy atom. The molecule has 1 amide bonds. The number of rotatable bonds is 6. The van der Waals surface area contributed by atoms with Crippen LogP contribution in [0.15, 0.2) is 47.6 Å². The summed E-state index contributed by atoms with van der Waals surface area (Å²) in [4.78, 5) is 12.3. The number of carbonyl (C=O) groups excluding carboxylic acids is 1. The molecule has 0 bridgehead atoms. The lowest BCUT2D eigenvalue weighted by Crippen LogP contribution is -2.15. The second kappa shape index (κ2) is 8.78. The van der Waals surface area contributed by atoms with Gasteiger partial charge >= 0.3 is 0 Å². The predicted octanol–water partition coefficient (Wildman–Crippen LogP) is 5.31. The summed E-state index contributed by atoms with van der Waals surface area (Å²) in [5.74, 6) is 0.804. The van der Waals surface area contributed by atoms with Crippen molar-refractivity contribution < 1.29 is 4.79 Å². The molecule has 27 heavy (non-hydrogen) atoms. The molecular weight excluding hydrogens is 403 g/mol. The van der Waals surface area contributed by atoms with Crippen molar-refractivity contribution in [1.29, 1.82) is 0 Å². The lowest BCUT2D eigenvalue weighted by atomic mass is 10.1. The van der Waals surface area contributed by atoms with Gasteiger partial charge in [0.25, 0.3) is 0 Å². The summed E-state index contributed by atoms with van der Waals surface area (Å²) in [6.07, 6.45) is 0. The van der Waals surface area contributed by atoms with Crippen molar-refractivity contribution in [2.45, 2.75) is 25.5 Å². The Hall–Kier alpha value is -2.02. The van der Waals surface area contributed by atoms with E-state index in [4.69, 9.17) is 23.2 Å². The van der Waals surface area contributed by atoms with E-state index >= 15 is 0 Å². The minimum Gasteiger partial charge on any atom is -0.324 e. The number of benzene rings is 2. The Morgan fingerprint density at radius 1 is 1.15 bits per heavy atom. The summed E-state index contributed by atoms with van der Waals surface area (Å²) in [6.45, 7) is 4.78. The van der Waals surface area contributed by atoms with Gasteiger partial charge < -0.3 is 9.88 Å². The Bertz CT molecular complexity index is 974. The van der Waals surface area contributed by atoms with Crippen molar-refractivity contribution in [2.75, 3.05) is 11.1 Å². The molecule has 3 rings (SSSR count). The maximum absolute atomic E-state index is 12.3. The lowest BCUT2D eigenvalue weighted by Gasteiger charge is -2.10. The monoisotopic (exact) mass is 420 g/mol. The number of nitrogens with one attached hydrogen (secondary N) is 1. The smallest absolute Gasteiger partial charge is 0.234 e. The van der Waals surface area contributed by atoms with Crippen LogP contribution in [-0.2, 0) is 11.3 Å². The molecule has 0 atom stereocenters. The molecule has 0 aliphatic carbocycles. The zero-order valence-electron chi connectivity index (χ0n) is 14.9. The van der Waals surface area contributed by atoms with Crippen molar-refractivity contribution >= 4 is 46.6 Å². The largest absolute Gasteiger partial charge is 0.324 e. The molecule has 8 heteroatoms. The standard InChI is InChI=1S/C19H18Cl2N4OS/c1-3-25-18(13-8-5-4-7-12(13)2)23-24-19(25)27-11-16(26)22-15-10-6-9-14(20)17(15)21/h4-10H,3,11H2,1-2H3,(H,22,26). The summed E-state index contributed by atoms with van der Waals surface area (Å²) in [7, 11) is 0. The fourth-order valence-electron chi connectivity index (χ4n) is 2.62. The van der Waals surface area contributed by atoms with Crippen LogP contribution in [0, 0.1) is 6.92 Å². The van der Waals surface area contributed by atoms with Gasteiger partial charge in [0.2, 0.25) is 5.91 Å². The molecule has 1 aromatic heterocycles. The molecule has 0 spiro atoms. The summed E-state index contributed by atoms with van der Waals surface area (Å²) in [6, 6.07) is 13.1. The van der Waals surface area contributed by atoms with E-state index in [1.54, 1.807) is 18.2 Å². The highest BCUT2D eigenvalue weighted by atomic mass is 35.5. The minimum atomic E-state index is -0.188. The van der Waals surface area contributed by atoms with E-state index in [0.29, 0.717) is 27.4 Å². The van der Waals surface area contributed by atoms with E-state index in [0.717, 1.165) is 17.0 Å². The topological polar surface area (TPSA) is 59.8 Å². The average molecular weight is 421 g/mol. The molecule has 2 aromatic carbocycles. The van der Waals surface area contributed by atoms with Gasteiger partial charge in [0.1, 0.15) is 0 Å². The van der Waals surface area contributed by atoms with Gasteiger partial charge in [-0.05, 0) is 31.5 Å². The van der Waals surface area contributed by atoms with Crippen molar-refractivity contribution in [2.24, 2.45) is 0 Å². The third-order valence-electron chi connectivity index (χ3n) is 3.98. The third-order valence-corrected chi connectivity index (χ3v) is 5.76. The Kier molecular flexibility index (Phi) is 6.42. The molecule has 0 aliphatic rings. The van der Waals surface area contributed by atoms with Gasteiger partial charge in [-0.1, -0.05) is 65.3 Å². The first kappa shape index (κ1) is 19.7. The van der Waals surface area contributed by atoms with Gasteiger partial charge in [-0.15, -0.1) is 10.2 Å². The second-order valence-electron chi connectivity index (χ2n) is 5.80. The van der Waals surface area contributed by atoms with E-state index < -0.39 is 0 Å². The third kappa shape index (κ3) is 4.46. The Labute approximate surface area is 172 Å². The van der Waals surface area contributed by atoms with E-state index in [2.05, 4.69) is 15.5 Å². The molecule has 0 aliphatic heterocycles. The number of anilines is 1. The van der Waals surface area contributed by atoms with Crippen LogP contribution >= 0.6 is 35.0 Å². The van der Waals surface area contributed by atoms with Gasteiger partial charge in [0, 0.05) is 12.1 Å². The summed E-state index contributed by atoms with van der Waals surface area (Å²) < 4.78 is 2.01. The van der Waals surface area contributed by atoms with Gasteiger partial charge in [0.15, 0.2) is 11.0 Å². The minimum absolute atomic E-state index is 0.188. The molecule has 0 radical (unpaired) electrons. The first-order valence-corrected chi connectivity index (χ1v) is 10.1. The number of carbonyl (C=O) groups is 1. The number of halogens is 2. The predicted molar refractivity (Wildman–Crippen MR) is 112 cm³/mol. The molecule has 5 nitrogen and oxygen atoms in total. The SMILES string of the molecule is CCn1c(SCC(=O)Nc2cccc(Cl)c2Cl)nnc1-c1ccccc1C. The van der Waals surface area contributed by atoms with Crippen molar-refractivity contribution in [3.8, 4) is 11.4 Å². The Morgan fingerprint density at radius 2 is 1.93 bits per heavy atom. The van der Waals surface area contributed by atoms with E-state index in [9.17, 15) is 4.79 Å². The molecule has 0 saturated carbocycles. The van der Waals surface area contributed by atoms with Crippen LogP contribution in [0.25, 0.3) is 11.4 Å². The molecule has 0 unspecified atom stereocenters. The number of amides is 1. The molecule has 0 saturated heterocycles. The molecule has 1 N–H and O–H groups in total. The van der Waals surface area contributed by atoms with Crippen LogP contribution in [0.2, 0.25) is 10.0 Å². The molecular formula is C19H18Cl2N4OS. The van der Waals surface area contributed by atoms with Crippen LogP contribution < -0.4 is 5.32 Å². The van der Waals surface area contributed by atoms with Crippen molar-refractivity contribution in [1.82, 2.24) is 14.8 Å². The normalized spacial score (nSPS) is 10.8. The Balaban J connectivity index is 1.72. The number of aryl methyl sites for hydroxylation is 1. The summed E-state index contributed by atoms with van der Waals surface area (Å²) >= 11 is 13.4. The van der Waals surface area contributed by atoms with E-state index in [1.165, 1.54) is 11.8 Å². The van der Waals surface area contributed by atoms with Crippen LogP contribution in [0.3, 0.4) is 0 Å². The number of hydrogen-bond donors (Lipinski definition) is 1. The number of hydrogen-bond acceptors (Lipinski definition) is 4. The quantitative estimate of drug-likeness (QED) is 0.548. The number of aromatic nitrogens is 3. The summed E-state index contributed by atoms with van der Waals surface area (Å²) in [5, 5.41) is 12.8. The van der Waals surface area contributed by atoms with Crippen LogP contribution in [0.4, 0.5) is 5.69 Å². The summed E-state index contributed by atoms with van der Waals surface area (Å²) in [5.41, 5.74) is 2.66. The fourth-order valence-corrected chi connectivity index (χ4v) is 3.77. The molecule has 3 aromatic rings. The number of nitrogens with zero attached hydrogens (tertiary/aromatic N) is 3.